The van der Waals surface area contributed by atoms with E-state index in [4.69, 9.17) is 4.98 Å². The molecule has 1 aromatic carbocycles. The number of hydrogen-bond donors (Lipinski definition) is 0. The molecule has 5 heterocycles. The van der Waals surface area contributed by atoms with Gasteiger partial charge in [-0.05, 0) is 63.0 Å². The second kappa shape index (κ2) is 10.00. The third kappa shape index (κ3) is 4.60. The Morgan fingerprint density at radius 1 is 1.23 bits per heavy atom. The van der Waals surface area contributed by atoms with Gasteiger partial charge in [0.2, 0.25) is 5.91 Å². The summed E-state index contributed by atoms with van der Waals surface area (Å²) in [5.41, 5.74) is 2.87. The third-order valence-corrected chi connectivity index (χ3v) is 9.07. The summed E-state index contributed by atoms with van der Waals surface area (Å²) in [7, 11) is 2.16. The molecule has 4 aliphatic rings. The molecular formula is C30H34F2N6O. The molecule has 1 amide bonds. The number of benzene rings is 1. The molecule has 1 spiro atoms. The highest BCUT2D eigenvalue weighted by Gasteiger charge is 2.49. The number of fused-ring (bicyclic) bond motifs is 1. The first-order chi connectivity index (χ1) is 18.8. The summed E-state index contributed by atoms with van der Waals surface area (Å²) < 4.78 is 29.1. The molecule has 0 saturated carbocycles. The molecule has 204 valence electrons. The van der Waals surface area contributed by atoms with E-state index in [0.717, 1.165) is 56.2 Å². The van der Waals surface area contributed by atoms with E-state index in [2.05, 4.69) is 34.4 Å². The number of carbonyl (C=O) groups is 1. The zero-order valence-corrected chi connectivity index (χ0v) is 22.4. The number of aromatic nitrogens is 1. The molecule has 1 atom stereocenters. The highest BCUT2D eigenvalue weighted by atomic mass is 19.1. The Labute approximate surface area is 228 Å². The zero-order chi connectivity index (χ0) is 27.3. The average Bonchev–Trinajstić information content (AvgIpc) is 3.36. The monoisotopic (exact) mass is 532 g/mol. The lowest BCUT2D eigenvalue weighted by Crippen LogP contribution is -2.59. The third-order valence-electron chi connectivity index (χ3n) is 9.07. The Morgan fingerprint density at radius 2 is 2.05 bits per heavy atom. The topological polar surface area (TPSA) is 66.7 Å². The molecule has 7 nitrogen and oxygen atoms in total. The van der Waals surface area contributed by atoms with E-state index >= 15 is 4.39 Å². The van der Waals surface area contributed by atoms with Crippen molar-refractivity contribution < 1.29 is 13.6 Å². The molecule has 9 heteroatoms. The van der Waals surface area contributed by atoms with Crippen LogP contribution in [-0.4, -0.2) is 84.5 Å². The number of carbonyl (C=O) groups excluding carboxylic acids is 1. The first kappa shape index (κ1) is 25.9. The number of nitrogens with zero attached hydrogens (tertiary/aromatic N) is 6. The van der Waals surface area contributed by atoms with E-state index in [1.165, 1.54) is 18.2 Å². The summed E-state index contributed by atoms with van der Waals surface area (Å²) in [6, 6.07) is 6.37. The minimum Gasteiger partial charge on any atom is -0.355 e. The average molecular weight is 533 g/mol. The number of hydrogen-bond acceptors (Lipinski definition) is 6. The van der Waals surface area contributed by atoms with Crippen LogP contribution < -0.4 is 4.90 Å². The Bertz CT molecular complexity index is 1360. The van der Waals surface area contributed by atoms with Crippen molar-refractivity contribution in [2.24, 2.45) is 5.41 Å². The van der Waals surface area contributed by atoms with Gasteiger partial charge in [-0.1, -0.05) is 6.58 Å². The van der Waals surface area contributed by atoms with Gasteiger partial charge in [0.05, 0.1) is 5.69 Å². The summed E-state index contributed by atoms with van der Waals surface area (Å²) >= 11 is 0. The predicted octanol–water partition coefficient (Wildman–Crippen LogP) is 3.58. The maximum atomic E-state index is 15.2. The van der Waals surface area contributed by atoms with Crippen molar-refractivity contribution in [2.75, 3.05) is 57.8 Å². The lowest BCUT2D eigenvalue weighted by Gasteiger charge is -2.47. The van der Waals surface area contributed by atoms with Crippen LogP contribution in [-0.2, 0) is 17.8 Å². The van der Waals surface area contributed by atoms with Crippen LogP contribution in [0.1, 0.15) is 36.1 Å². The van der Waals surface area contributed by atoms with Crippen LogP contribution in [0.5, 0.6) is 0 Å². The second-order valence-corrected chi connectivity index (χ2v) is 11.7. The predicted molar refractivity (Wildman–Crippen MR) is 145 cm³/mol. The summed E-state index contributed by atoms with van der Waals surface area (Å²) in [4.78, 5) is 25.9. The molecule has 39 heavy (non-hydrogen) atoms. The van der Waals surface area contributed by atoms with Crippen molar-refractivity contribution in [3.63, 3.8) is 0 Å². The van der Waals surface area contributed by atoms with Gasteiger partial charge in [-0.15, -0.1) is 0 Å². The van der Waals surface area contributed by atoms with Crippen LogP contribution in [0.3, 0.4) is 0 Å². The Balaban J connectivity index is 1.39. The van der Waals surface area contributed by atoms with Crippen LogP contribution in [0.2, 0.25) is 0 Å². The van der Waals surface area contributed by atoms with Crippen LogP contribution in [0.25, 0.3) is 11.1 Å². The molecule has 3 saturated heterocycles. The molecule has 0 bridgehead atoms. The van der Waals surface area contributed by atoms with Crippen molar-refractivity contribution in [2.45, 2.75) is 38.3 Å². The smallest absolute Gasteiger partial charge is 0.245 e. The molecular weight excluding hydrogens is 498 g/mol. The maximum absolute atomic E-state index is 15.2. The summed E-state index contributed by atoms with van der Waals surface area (Å²) in [5.74, 6) is -0.803. The molecule has 2 aromatic rings. The first-order valence-corrected chi connectivity index (χ1v) is 13.8. The van der Waals surface area contributed by atoms with E-state index in [0.29, 0.717) is 62.1 Å². The van der Waals surface area contributed by atoms with Crippen LogP contribution >= 0.6 is 0 Å². The van der Waals surface area contributed by atoms with E-state index in [1.807, 2.05) is 0 Å². The minimum atomic E-state index is -0.669. The van der Waals surface area contributed by atoms with Gasteiger partial charge in [0.1, 0.15) is 29.1 Å². The fourth-order valence-corrected chi connectivity index (χ4v) is 7.08. The number of amides is 1. The van der Waals surface area contributed by atoms with Gasteiger partial charge in [0.25, 0.3) is 0 Å². The van der Waals surface area contributed by atoms with Crippen molar-refractivity contribution in [1.29, 1.82) is 5.26 Å². The van der Waals surface area contributed by atoms with Gasteiger partial charge in [0.15, 0.2) is 0 Å². The van der Waals surface area contributed by atoms with Crippen molar-refractivity contribution >= 4 is 11.7 Å². The van der Waals surface area contributed by atoms with Gasteiger partial charge < -0.3 is 14.7 Å². The SMILES string of the molecule is C=CC(=O)N1CC2(CCN(c3nc4c(c(-c5ccc(F)cc5F)c3C#N)CCN(C3CCCN(C)C3)C4)C2)C1. The molecule has 1 unspecified atom stereocenters. The summed E-state index contributed by atoms with van der Waals surface area (Å²) in [6.45, 7) is 9.86. The highest BCUT2D eigenvalue weighted by Crippen LogP contribution is 2.44. The maximum Gasteiger partial charge on any atom is 0.245 e. The number of halogens is 2. The van der Waals surface area contributed by atoms with Gasteiger partial charge in [-0.25, -0.2) is 13.8 Å². The molecule has 0 N–H and O–H groups in total. The van der Waals surface area contributed by atoms with E-state index in [9.17, 15) is 14.4 Å². The fraction of sp³-hybridized carbons (Fsp3) is 0.500. The zero-order valence-electron chi connectivity index (χ0n) is 22.4. The van der Waals surface area contributed by atoms with Crippen LogP contribution in [0.4, 0.5) is 14.6 Å². The Hall–Kier alpha value is -3.35. The molecule has 0 aliphatic carbocycles. The number of piperidine rings is 1. The number of likely N-dealkylation sites (N-methyl/N-ethyl adjacent to an activating group) is 1. The molecule has 0 radical (unpaired) electrons. The largest absolute Gasteiger partial charge is 0.355 e. The molecule has 4 aliphatic heterocycles. The number of anilines is 1. The Morgan fingerprint density at radius 3 is 2.77 bits per heavy atom. The molecule has 6 rings (SSSR count). The molecule has 3 fully saturated rings. The molecule has 1 aromatic heterocycles. The van der Waals surface area contributed by atoms with E-state index in [-0.39, 0.29) is 16.9 Å². The number of likely N-dealkylation sites (tertiary alicyclic amines) is 2. The quantitative estimate of drug-likeness (QED) is 0.561. The second-order valence-electron chi connectivity index (χ2n) is 11.7. The van der Waals surface area contributed by atoms with Gasteiger partial charge in [-0.3, -0.25) is 9.69 Å². The summed E-state index contributed by atoms with van der Waals surface area (Å²) in [5, 5.41) is 10.4. The van der Waals surface area contributed by atoms with Crippen LogP contribution in [0.15, 0.2) is 30.9 Å². The minimum absolute atomic E-state index is 0.0387. The number of rotatable bonds is 4. The van der Waals surface area contributed by atoms with Gasteiger partial charge in [0, 0.05) is 74.5 Å². The van der Waals surface area contributed by atoms with Crippen LogP contribution in [0, 0.1) is 28.4 Å². The van der Waals surface area contributed by atoms with Crippen molar-refractivity contribution in [3.05, 3.63) is 59.3 Å². The highest BCUT2D eigenvalue weighted by molar-refractivity contribution is 5.88. The standard InChI is InChI=1S/C30H34F2N6O/c1-3-27(39)38-18-30(19-38)9-12-37(17-30)29-24(14-33)28(22-7-6-20(31)13-25(22)32)23-8-11-36(16-26(23)34-29)21-5-4-10-35(2)15-21/h3,6-7,13,21H,1,4-5,8-12,15-19H2,2H3. The summed E-state index contributed by atoms with van der Waals surface area (Å²) in [6.07, 6.45) is 5.18. The number of nitriles is 1. The van der Waals surface area contributed by atoms with Crippen molar-refractivity contribution in [3.8, 4) is 17.2 Å². The van der Waals surface area contributed by atoms with Crippen molar-refractivity contribution in [1.82, 2.24) is 19.7 Å². The van der Waals surface area contributed by atoms with E-state index in [1.54, 1.807) is 4.90 Å². The van der Waals surface area contributed by atoms with Gasteiger partial charge in [-0.2, -0.15) is 5.26 Å². The van der Waals surface area contributed by atoms with Gasteiger partial charge >= 0.3 is 0 Å². The van der Waals surface area contributed by atoms with E-state index < -0.39 is 11.6 Å². The first-order valence-electron chi connectivity index (χ1n) is 13.8. The normalized spacial score (nSPS) is 22.9. The Kier molecular flexibility index (Phi) is 6.64. The lowest BCUT2D eigenvalue weighted by atomic mass is 9.79. The lowest BCUT2D eigenvalue weighted by molar-refractivity contribution is -0.136. The number of pyridine rings is 1. The fourth-order valence-electron chi connectivity index (χ4n) is 7.08.